The number of likely N-dealkylation sites (N-methyl/N-ethyl adjacent to an activating group) is 2. The Kier molecular flexibility index (Phi) is 3.94. The van der Waals surface area contributed by atoms with Crippen LogP contribution >= 0.6 is 11.3 Å². The predicted molar refractivity (Wildman–Crippen MR) is 69.4 cm³/mol. The quantitative estimate of drug-likeness (QED) is 0.801. The van der Waals surface area contributed by atoms with Crippen molar-refractivity contribution in [3.05, 3.63) is 16.1 Å². The number of hydrogen-bond acceptors (Lipinski definition) is 5. The summed E-state index contributed by atoms with van der Waals surface area (Å²) in [7, 11) is 3.88. The Labute approximate surface area is 111 Å². The van der Waals surface area contributed by atoms with E-state index in [9.17, 15) is 4.79 Å². The molecule has 1 fully saturated rings. The summed E-state index contributed by atoms with van der Waals surface area (Å²) in [6.45, 7) is 1.59. The zero-order valence-electron chi connectivity index (χ0n) is 10.6. The summed E-state index contributed by atoms with van der Waals surface area (Å²) < 4.78 is 0. The van der Waals surface area contributed by atoms with Crippen molar-refractivity contribution in [3.8, 4) is 6.07 Å². The predicted octanol–water partition coefficient (Wildman–Crippen LogP) is 1.18. The third kappa shape index (κ3) is 3.06. The molecule has 2 rings (SSSR count). The maximum absolute atomic E-state index is 12.0. The van der Waals surface area contributed by atoms with Gasteiger partial charge in [-0.1, -0.05) is 11.3 Å². The number of carbonyl (C=O) groups is 1. The molecule has 6 heteroatoms. The molecule has 0 aromatic carbocycles. The van der Waals surface area contributed by atoms with Gasteiger partial charge in [-0.15, -0.1) is 0 Å². The lowest BCUT2D eigenvalue weighted by Crippen LogP contribution is -2.35. The van der Waals surface area contributed by atoms with Crippen molar-refractivity contribution in [2.75, 3.05) is 27.2 Å². The Morgan fingerprint density at radius 2 is 2.28 bits per heavy atom. The molecule has 1 aliphatic carbocycles. The minimum Gasteiger partial charge on any atom is -0.340 e. The van der Waals surface area contributed by atoms with E-state index in [2.05, 4.69) is 16.9 Å². The molecule has 0 bridgehead atoms. The normalized spacial score (nSPS) is 14.6. The largest absolute Gasteiger partial charge is 0.340 e. The monoisotopic (exact) mass is 264 g/mol. The number of nitriles is 1. The van der Waals surface area contributed by atoms with Gasteiger partial charge in [0.05, 0.1) is 6.20 Å². The Hall–Kier alpha value is -1.45. The summed E-state index contributed by atoms with van der Waals surface area (Å²) in [5.74, 6) is -0.0572. The third-order valence-electron chi connectivity index (χ3n) is 3.12. The van der Waals surface area contributed by atoms with Crippen LogP contribution in [0.1, 0.15) is 27.5 Å². The first-order valence-electron chi connectivity index (χ1n) is 5.93. The lowest BCUT2D eigenvalue weighted by molar-refractivity contribution is 0.0786. The highest BCUT2D eigenvalue weighted by molar-refractivity contribution is 7.14. The van der Waals surface area contributed by atoms with E-state index in [-0.39, 0.29) is 5.91 Å². The fraction of sp³-hybridized carbons (Fsp3) is 0.583. The van der Waals surface area contributed by atoms with Crippen LogP contribution in [0.2, 0.25) is 0 Å². The van der Waals surface area contributed by atoms with Crippen LogP contribution in [-0.2, 0) is 0 Å². The Morgan fingerprint density at radius 1 is 1.56 bits per heavy atom. The average Bonchev–Trinajstić information content (AvgIpc) is 3.12. The Balaban J connectivity index is 1.85. The minimum absolute atomic E-state index is 0.0572. The van der Waals surface area contributed by atoms with Crippen LogP contribution in [0.3, 0.4) is 0 Å². The van der Waals surface area contributed by atoms with E-state index in [1.165, 1.54) is 19.0 Å². The SMILES string of the molecule is CN(CCN(C)C1CC1)C(=O)c1cnc(C#N)s1. The lowest BCUT2D eigenvalue weighted by Gasteiger charge is -2.21. The van der Waals surface area contributed by atoms with Crippen molar-refractivity contribution in [2.24, 2.45) is 0 Å². The topological polar surface area (TPSA) is 60.2 Å². The van der Waals surface area contributed by atoms with Crippen molar-refractivity contribution in [1.82, 2.24) is 14.8 Å². The molecule has 1 aliphatic rings. The lowest BCUT2D eigenvalue weighted by atomic mass is 10.4. The summed E-state index contributed by atoms with van der Waals surface area (Å²) >= 11 is 1.15. The van der Waals surface area contributed by atoms with Gasteiger partial charge in [-0.3, -0.25) is 4.79 Å². The second-order valence-corrected chi connectivity index (χ2v) is 5.61. The van der Waals surface area contributed by atoms with Gasteiger partial charge in [-0.25, -0.2) is 4.98 Å². The molecule has 0 aliphatic heterocycles. The van der Waals surface area contributed by atoms with Crippen molar-refractivity contribution >= 4 is 17.2 Å². The van der Waals surface area contributed by atoms with Crippen LogP contribution in [0.5, 0.6) is 0 Å². The maximum atomic E-state index is 12.0. The highest BCUT2D eigenvalue weighted by Gasteiger charge is 2.26. The van der Waals surface area contributed by atoms with Crippen LogP contribution in [0.4, 0.5) is 0 Å². The molecule has 0 saturated heterocycles. The summed E-state index contributed by atoms with van der Waals surface area (Å²) in [5.41, 5.74) is 0. The van der Waals surface area contributed by atoms with Gasteiger partial charge in [0, 0.05) is 26.2 Å². The van der Waals surface area contributed by atoms with Gasteiger partial charge in [-0.05, 0) is 19.9 Å². The molecular formula is C12H16N4OS. The van der Waals surface area contributed by atoms with E-state index in [1.807, 2.05) is 6.07 Å². The Morgan fingerprint density at radius 3 is 2.83 bits per heavy atom. The minimum atomic E-state index is -0.0572. The number of aromatic nitrogens is 1. The summed E-state index contributed by atoms with van der Waals surface area (Å²) in [4.78, 5) is 20.4. The molecule has 1 heterocycles. The van der Waals surface area contributed by atoms with Crippen molar-refractivity contribution < 1.29 is 4.79 Å². The highest BCUT2D eigenvalue weighted by Crippen LogP contribution is 2.24. The second kappa shape index (κ2) is 5.46. The molecule has 0 unspecified atom stereocenters. The van der Waals surface area contributed by atoms with E-state index in [0.29, 0.717) is 22.5 Å². The van der Waals surface area contributed by atoms with E-state index in [0.717, 1.165) is 17.9 Å². The van der Waals surface area contributed by atoms with Gasteiger partial charge in [0.25, 0.3) is 5.91 Å². The highest BCUT2D eigenvalue weighted by atomic mass is 32.1. The van der Waals surface area contributed by atoms with Gasteiger partial charge < -0.3 is 9.80 Å². The molecule has 96 valence electrons. The fourth-order valence-electron chi connectivity index (χ4n) is 1.72. The number of amides is 1. The van der Waals surface area contributed by atoms with Crippen LogP contribution < -0.4 is 0 Å². The molecule has 1 saturated carbocycles. The summed E-state index contributed by atoms with van der Waals surface area (Å²) in [6.07, 6.45) is 4.02. The molecule has 1 aromatic heterocycles. The van der Waals surface area contributed by atoms with Crippen molar-refractivity contribution in [3.63, 3.8) is 0 Å². The summed E-state index contributed by atoms with van der Waals surface area (Å²) in [5, 5.41) is 9.02. The first-order valence-corrected chi connectivity index (χ1v) is 6.75. The Bertz CT molecular complexity index is 475. The van der Waals surface area contributed by atoms with E-state index in [4.69, 9.17) is 5.26 Å². The second-order valence-electron chi connectivity index (χ2n) is 4.58. The van der Waals surface area contributed by atoms with E-state index in [1.54, 1.807) is 11.9 Å². The molecule has 5 nitrogen and oxygen atoms in total. The van der Waals surface area contributed by atoms with Gasteiger partial charge in [0.2, 0.25) is 0 Å². The molecule has 1 aromatic rings. The number of nitrogens with zero attached hydrogens (tertiary/aromatic N) is 4. The number of carbonyl (C=O) groups excluding carboxylic acids is 1. The number of thiazole rings is 1. The average molecular weight is 264 g/mol. The fourth-order valence-corrected chi connectivity index (χ4v) is 2.43. The smallest absolute Gasteiger partial charge is 0.265 e. The van der Waals surface area contributed by atoms with Crippen LogP contribution in [-0.4, -0.2) is 53.9 Å². The van der Waals surface area contributed by atoms with Crippen molar-refractivity contribution in [1.29, 1.82) is 5.26 Å². The number of rotatable bonds is 5. The molecule has 1 amide bonds. The van der Waals surface area contributed by atoms with Gasteiger partial charge in [0.15, 0.2) is 5.01 Å². The molecule has 18 heavy (non-hydrogen) atoms. The zero-order valence-corrected chi connectivity index (χ0v) is 11.4. The zero-order chi connectivity index (χ0) is 13.1. The molecule has 0 N–H and O–H groups in total. The molecule has 0 atom stereocenters. The number of hydrogen-bond donors (Lipinski definition) is 0. The van der Waals surface area contributed by atoms with Crippen molar-refractivity contribution in [2.45, 2.75) is 18.9 Å². The first kappa shape index (κ1) is 13.0. The summed E-state index contributed by atoms with van der Waals surface area (Å²) in [6, 6.07) is 2.65. The molecule has 0 radical (unpaired) electrons. The van der Waals surface area contributed by atoms with Crippen LogP contribution in [0.15, 0.2) is 6.20 Å². The van der Waals surface area contributed by atoms with Gasteiger partial charge in [-0.2, -0.15) is 5.26 Å². The third-order valence-corrected chi connectivity index (χ3v) is 4.01. The molecule has 0 spiro atoms. The van der Waals surface area contributed by atoms with E-state index < -0.39 is 0 Å². The van der Waals surface area contributed by atoms with Crippen LogP contribution in [0, 0.1) is 11.3 Å². The molecular weight excluding hydrogens is 248 g/mol. The van der Waals surface area contributed by atoms with Crippen LogP contribution in [0.25, 0.3) is 0 Å². The maximum Gasteiger partial charge on any atom is 0.265 e. The van der Waals surface area contributed by atoms with Gasteiger partial charge in [0.1, 0.15) is 10.9 Å². The van der Waals surface area contributed by atoms with Gasteiger partial charge >= 0.3 is 0 Å². The standard InChI is InChI=1S/C12H16N4OS/c1-15(9-3-4-9)5-6-16(2)12(17)10-8-14-11(7-13)18-10/h8-9H,3-6H2,1-2H3. The first-order chi connectivity index (χ1) is 8.61. The van der Waals surface area contributed by atoms with E-state index >= 15 is 0 Å².